The van der Waals surface area contributed by atoms with Crippen molar-refractivity contribution < 1.29 is 4.74 Å². The van der Waals surface area contributed by atoms with Gasteiger partial charge < -0.3 is 10.5 Å². The minimum atomic E-state index is -0.238. The molecular weight excluding hydrogens is 298 g/mol. The Bertz CT molecular complexity index is 372. The van der Waals surface area contributed by atoms with Gasteiger partial charge in [0.15, 0.2) is 0 Å². The molecule has 5 heteroatoms. The van der Waals surface area contributed by atoms with Gasteiger partial charge in [-0.3, -0.25) is 0 Å². The zero-order chi connectivity index (χ0) is 11.4. The summed E-state index contributed by atoms with van der Waals surface area (Å²) >= 11 is 14.1. The number of hydrogen-bond donors (Lipinski definition) is 1. The van der Waals surface area contributed by atoms with E-state index in [-0.39, 0.29) is 6.10 Å². The van der Waals surface area contributed by atoms with Crippen molar-refractivity contribution in [3.63, 3.8) is 0 Å². The maximum atomic E-state index is 5.81. The topological polar surface area (TPSA) is 35.2 Å². The summed E-state index contributed by atoms with van der Waals surface area (Å²) in [7, 11) is 0. The summed E-state index contributed by atoms with van der Waals surface area (Å²) in [6.07, 6.45) is 0.502. The molecule has 0 radical (unpaired) electrons. The lowest BCUT2D eigenvalue weighted by Gasteiger charge is -2.17. The molecule has 2 N–H and O–H groups in total. The number of thiocarbonyl (C=S) groups is 1. The minimum Gasteiger partial charge on any atom is -0.482 e. The Hall–Kier alpha value is -0.320. The van der Waals surface area contributed by atoms with E-state index in [4.69, 9.17) is 34.3 Å². The van der Waals surface area contributed by atoms with E-state index in [0.29, 0.717) is 15.8 Å². The molecule has 0 saturated heterocycles. The second-order valence-corrected chi connectivity index (χ2v) is 4.75. The molecule has 1 atom stereocenters. The third kappa shape index (κ3) is 3.63. The minimum absolute atomic E-state index is 0.238. The number of halogens is 2. The van der Waals surface area contributed by atoms with Crippen molar-refractivity contribution in [2.75, 3.05) is 0 Å². The molecule has 0 bridgehead atoms. The van der Waals surface area contributed by atoms with Crippen LogP contribution < -0.4 is 10.5 Å². The fraction of sp³-hybridized carbons (Fsp3) is 0.300. The highest BCUT2D eigenvalue weighted by molar-refractivity contribution is 9.10. The summed E-state index contributed by atoms with van der Waals surface area (Å²) in [4.78, 5) is 0.361. The van der Waals surface area contributed by atoms with Gasteiger partial charge in [-0.15, -0.1) is 0 Å². The summed E-state index contributed by atoms with van der Waals surface area (Å²) in [5.41, 5.74) is 5.54. The first-order chi connectivity index (χ1) is 7.04. The average Bonchev–Trinajstić information content (AvgIpc) is 2.16. The van der Waals surface area contributed by atoms with Crippen LogP contribution in [0, 0.1) is 0 Å². The number of nitrogens with two attached hydrogens (primary N) is 1. The highest BCUT2D eigenvalue weighted by Crippen LogP contribution is 2.29. The summed E-state index contributed by atoms with van der Waals surface area (Å²) in [5.74, 6) is 0.694. The monoisotopic (exact) mass is 307 g/mol. The second-order valence-electron chi connectivity index (χ2n) is 2.99. The first-order valence-corrected chi connectivity index (χ1v) is 6.03. The fourth-order valence-electron chi connectivity index (χ4n) is 1.07. The normalized spacial score (nSPS) is 12.2. The van der Waals surface area contributed by atoms with Crippen LogP contribution in [-0.2, 0) is 0 Å². The SMILES string of the molecule is CCC(Oc1ccc(Cl)cc1Br)C(N)=S. The zero-order valence-electron chi connectivity index (χ0n) is 8.17. The van der Waals surface area contributed by atoms with E-state index in [2.05, 4.69) is 15.9 Å². The van der Waals surface area contributed by atoms with E-state index in [9.17, 15) is 0 Å². The molecule has 15 heavy (non-hydrogen) atoms. The van der Waals surface area contributed by atoms with Gasteiger partial charge in [-0.05, 0) is 40.5 Å². The van der Waals surface area contributed by atoms with Crippen molar-refractivity contribution >= 4 is 44.7 Å². The molecule has 0 spiro atoms. The summed E-state index contributed by atoms with van der Waals surface area (Å²) in [6.45, 7) is 1.97. The van der Waals surface area contributed by atoms with Crippen LogP contribution in [0.1, 0.15) is 13.3 Å². The molecule has 0 aliphatic rings. The maximum absolute atomic E-state index is 5.81. The van der Waals surface area contributed by atoms with Crippen LogP contribution in [0.2, 0.25) is 5.02 Å². The zero-order valence-corrected chi connectivity index (χ0v) is 11.3. The van der Waals surface area contributed by atoms with E-state index in [1.165, 1.54) is 0 Å². The van der Waals surface area contributed by atoms with E-state index < -0.39 is 0 Å². The molecule has 1 rings (SSSR count). The van der Waals surface area contributed by atoms with Gasteiger partial charge >= 0.3 is 0 Å². The van der Waals surface area contributed by atoms with Crippen LogP contribution in [-0.4, -0.2) is 11.1 Å². The number of hydrogen-bond acceptors (Lipinski definition) is 2. The van der Waals surface area contributed by atoms with Crippen LogP contribution in [0.25, 0.3) is 0 Å². The molecule has 0 aliphatic heterocycles. The van der Waals surface area contributed by atoms with Crippen LogP contribution in [0.5, 0.6) is 5.75 Å². The first-order valence-electron chi connectivity index (χ1n) is 4.45. The third-order valence-corrected chi connectivity index (χ3v) is 2.97. The highest BCUT2D eigenvalue weighted by atomic mass is 79.9. The lowest BCUT2D eigenvalue weighted by molar-refractivity contribution is 0.262. The van der Waals surface area contributed by atoms with Crippen molar-refractivity contribution in [2.45, 2.75) is 19.4 Å². The van der Waals surface area contributed by atoms with Crippen molar-refractivity contribution in [1.29, 1.82) is 0 Å². The second kappa shape index (κ2) is 5.68. The van der Waals surface area contributed by atoms with Gasteiger partial charge in [-0.25, -0.2) is 0 Å². The number of rotatable bonds is 4. The van der Waals surface area contributed by atoms with Crippen molar-refractivity contribution in [1.82, 2.24) is 0 Å². The third-order valence-electron chi connectivity index (χ3n) is 1.85. The quantitative estimate of drug-likeness (QED) is 0.864. The fourth-order valence-corrected chi connectivity index (χ4v) is 2.06. The molecule has 0 aliphatic carbocycles. The highest BCUT2D eigenvalue weighted by Gasteiger charge is 2.12. The van der Waals surface area contributed by atoms with Gasteiger partial charge in [-0.1, -0.05) is 30.7 Å². The Labute approximate surface area is 108 Å². The molecular formula is C10H11BrClNOS. The van der Waals surface area contributed by atoms with Crippen molar-refractivity contribution in [3.8, 4) is 5.75 Å². The standard InChI is InChI=1S/C10H11BrClNOS/c1-2-8(10(13)15)14-9-4-3-6(12)5-7(9)11/h3-5,8H,2H2,1H3,(H2,13,15). The molecule has 82 valence electrons. The molecule has 0 fully saturated rings. The van der Waals surface area contributed by atoms with E-state index in [1.54, 1.807) is 18.2 Å². The Kier molecular flexibility index (Phi) is 4.83. The lowest BCUT2D eigenvalue weighted by atomic mass is 10.2. The molecule has 0 heterocycles. The summed E-state index contributed by atoms with van der Waals surface area (Å²) < 4.78 is 6.44. The predicted octanol–water partition coefficient (Wildman–Crippen LogP) is 3.55. The Morgan fingerprint density at radius 2 is 2.33 bits per heavy atom. The molecule has 0 amide bonds. The van der Waals surface area contributed by atoms with Crippen LogP contribution in [0.15, 0.2) is 22.7 Å². The van der Waals surface area contributed by atoms with Crippen LogP contribution >= 0.6 is 39.7 Å². The van der Waals surface area contributed by atoms with Gasteiger partial charge in [0.2, 0.25) is 0 Å². The summed E-state index contributed by atoms with van der Waals surface area (Å²) in [5, 5.41) is 0.651. The maximum Gasteiger partial charge on any atom is 0.148 e. The van der Waals surface area contributed by atoms with E-state index in [1.807, 2.05) is 6.92 Å². The Morgan fingerprint density at radius 1 is 1.67 bits per heavy atom. The van der Waals surface area contributed by atoms with E-state index in [0.717, 1.165) is 10.9 Å². The van der Waals surface area contributed by atoms with Gasteiger partial charge in [0.05, 0.1) is 4.47 Å². The number of ether oxygens (including phenoxy) is 1. The predicted molar refractivity (Wildman–Crippen MR) is 70.6 cm³/mol. The molecule has 2 nitrogen and oxygen atoms in total. The average molecular weight is 309 g/mol. The van der Waals surface area contributed by atoms with Gasteiger partial charge in [0, 0.05) is 5.02 Å². The molecule has 0 aromatic heterocycles. The first kappa shape index (κ1) is 12.7. The van der Waals surface area contributed by atoms with Crippen molar-refractivity contribution in [2.24, 2.45) is 5.73 Å². The molecule has 1 unspecified atom stereocenters. The van der Waals surface area contributed by atoms with Crippen LogP contribution in [0.4, 0.5) is 0 Å². The Balaban J connectivity index is 2.84. The number of benzene rings is 1. The molecule has 1 aromatic rings. The van der Waals surface area contributed by atoms with E-state index >= 15 is 0 Å². The Morgan fingerprint density at radius 3 is 2.80 bits per heavy atom. The lowest BCUT2D eigenvalue weighted by Crippen LogP contribution is -2.31. The van der Waals surface area contributed by atoms with Gasteiger partial charge in [0.25, 0.3) is 0 Å². The van der Waals surface area contributed by atoms with Gasteiger partial charge in [0.1, 0.15) is 16.8 Å². The largest absolute Gasteiger partial charge is 0.482 e. The van der Waals surface area contributed by atoms with Crippen molar-refractivity contribution in [3.05, 3.63) is 27.7 Å². The molecule has 0 saturated carbocycles. The van der Waals surface area contributed by atoms with Gasteiger partial charge in [-0.2, -0.15) is 0 Å². The summed E-state index contributed by atoms with van der Waals surface area (Å²) in [6, 6.07) is 5.31. The molecule has 1 aromatic carbocycles. The van der Waals surface area contributed by atoms with Crippen LogP contribution in [0.3, 0.4) is 0 Å². The smallest absolute Gasteiger partial charge is 0.148 e.